The van der Waals surface area contributed by atoms with Gasteiger partial charge in [-0.3, -0.25) is 14.5 Å². The lowest BCUT2D eigenvalue weighted by molar-refractivity contribution is -0.131. The molecule has 5 heteroatoms. The van der Waals surface area contributed by atoms with Gasteiger partial charge in [0.15, 0.2) is 0 Å². The Morgan fingerprint density at radius 2 is 1.70 bits per heavy atom. The van der Waals surface area contributed by atoms with Gasteiger partial charge in [-0.05, 0) is 31.0 Å². The Morgan fingerprint density at radius 1 is 0.963 bits per heavy atom. The molecule has 0 aliphatic carbocycles. The third kappa shape index (κ3) is 5.17. The maximum Gasteiger partial charge on any atom is 0.308 e. The first kappa shape index (κ1) is 19.1. The number of hydrogen-bond acceptors (Lipinski definition) is 4. The number of amides is 1. The molecule has 1 heterocycles. The van der Waals surface area contributed by atoms with Crippen molar-refractivity contribution in [2.75, 3.05) is 26.2 Å². The van der Waals surface area contributed by atoms with Gasteiger partial charge in [0.05, 0.1) is 5.56 Å². The van der Waals surface area contributed by atoms with E-state index in [1.165, 1.54) is 18.1 Å². The summed E-state index contributed by atoms with van der Waals surface area (Å²) in [5.74, 6) is -0.171. The number of esters is 1. The van der Waals surface area contributed by atoms with Gasteiger partial charge < -0.3 is 9.64 Å². The van der Waals surface area contributed by atoms with E-state index in [2.05, 4.69) is 36.1 Å². The molecule has 0 N–H and O–H groups in total. The highest BCUT2D eigenvalue weighted by Gasteiger charge is 2.23. The van der Waals surface area contributed by atoms with Gasteiger partial charge in [0.1, 0.15) is 5.75 Å². The van der Waals surface area contributed by atoms with Crippen LogP contribution in [0.5, 0.6) is 5.75 Å². The van der Waals surface area contributed by atoms with E-state index >= 15 is 0 Å². The van der Waals surface area contributed by atoms with Gasteiger partial charge in [-0.15, -0.1) is 0 Å². The second-order valence-electron chi connectivity index (χ2n) is 7.00. The van der Waals surface area contributed by atoms with E-state index in [9.17, 15) is 9.59 Å². The van der Waals surface area contributed by atoms with Crippen molar-refractivity contribution in [3.05, 3.63) is 65.2 Å². The lowest BCUT2D eigenvalue weighted by Gasteiger charge is -2.23. The van der Waals surface area contributed by atoms with Crippen LogP contribution in [-0.2, 0) is 11.3 Å². The van der Waals surface area contributed by atoms with Crippen molar-refractivity contribution in [2.24, 2.45) is 0 Å². The molecule has 0 saturated carbocycles. The Balaban J connectivity index is 1.64. The summed E-state index contributed by atoms with van der Waals surface area (Å²) < 4.78 is 5.20. The monoisotopic (exact) mass is 366 g/mol. The predicted octanol–water partition coefficient (Wildman–Crippen LogP) is 3.27. The largest absolute Gasteiger partial charge is 0.426 e. The van der Waals surface area contributed by atoms with Gasteiger partial charge in [-0.1, -0.05) is 42.0 Å². The van der Waals surface area contributed by atoms with Crippen molar-refractivity contribution in [1.82, 2.24) is 9.80 Å². The van der Waals surface area contributed by atoms with Crippen LogP contribution in [0.15, 0.2) is 48.5 Å². The smallest absolute Gasteiger partial charge is 0.308 e. The second kappa shape index (κ2) is 8.82. The number of rotatable bonds is 4. The molecular formula is C22H26N2O3. The molecule has 1 fully saturated rings. The van der Waals surface area contributed by atoms with Crippen LogP contribution in [0.3, 0.4) is 0 Å². The Labute approximate surface area is 160 Å². The van der Waals surface area contributed by atoms with E-state index in [1.54, 1.807) is 24.3 Å². The van der Waals surface area contributed by atoms with Crippen LogP contribution in [0.2, 0.25) is 0 Å². The lowest BCUT2D eigenvalue weighted by atomic mass is 10.1. The molecule has 1 aliphatic rings. The van der Waals surface area contributed by atoms with Crippen LogP contribution in [0.4, 0.5) is 0 Å². The van der Waals surface area contributed by atoms with E-state index < -0.39 is 5.97 Å². The van der Waals surface area contributed by atoms with Crippen LogP contribution in [0.1, 0.15) is 34.8 Å². The van der Waals surface area contributed by atoms with E-state index in [1.807, 2.05) is 4.90 Å². The topological polar surface area (TPSA) is 49.9 Å². The van der Waals surface area contributed by atoms with Crippen LogP contribution >= 0.6 is 0 Å². The molecule has 0 unspecified atom stereocenters. The average molecular weight is 366 g/mol. The fourth-order valence-electron chi connectivity index (χ4n) is 3.34. The highest BCUT2D eigenvalue weighted by atomic mass is 16.5. The predicted molar refractivity (Wildman–Crippen MR) is 105 cm³/mol. The zero-order valence-corrected chi connectivity index (χ0v) is 16.0. The number of nitrogens with zero attached hydrogens (tertiary/aromatic N) is 2. The summed E-state index contributed by atoms with van der Waals surface area (Å²) in [6.45, 7) is 7.49. The minimum Gasteiger partial charge on any atom is -0.426 e. The number of hydrogen-bond donors (Lipinski definition) is 0. The van der Waals surface area contributed by atoms with Crippen molar-refractivity contribution >= 4 is 11.9 Å². The normalized spacial score (nSPS) is 15.3. The Hall–Kier alpha value is -2.66. The van der Waals surface area contributed by atoms with Gasteiger partial charge >= 0.3 is 5.97 Å². The number of benzene rings is 2. The summed E-state index contributed by atoms with van der Waals surface area (Å²) in [6.07, 6.45) is 0.924. The van der Waals surface area contributed by atoms with Gasteiger partial charge in [-0.2, -0.15) is 0 Å². The maximum absolute atomic E-state index is 13.0. The van der Waals surface area contributed by atoms with Crippen molar-refractivity contribution in [3.8, 4) is 5.75 Å². The van der Waals surface area contributed by atoms with Crippen LogP contribution < -0.4 is 4.74 Å². The number of carbonyl (C=O) groups excluding carboxylic acids is 2. The fourth-order valence-corrected chi connectivity index (χ4v) is 3.34. The molecule has 2 aromatic rings. The van der Waals surface area contributed by atoms with Gasteiger partial charge in [0.25, 0.3) is 5.91 Å². The first-order chi connectivity index (χ1) is 13.0. The molecule has 142 valence electrons. The summed E-state index contributed by atoms with van der Waals surface area (Å²) in [7, 11) is 0. The van der Waals surface area contributed by atoms with Gasteiger partial charge in [-0.25, -0.2) is 0 Å². The van der Waals surface area contributed by atoms with Crippen molar-refractivity contribution in [2.45, 2.75) is 26.8 Å². The minimum absolute atomic E-state index is 0.0796. The molecule has 0 radical (unpaired) electrons. The second-order valence-corrected chi connectivity index (χ2v) is 7.00. The average Bonchev–Trinajstić information content (AvgIpc) is 2.89. The SMILES string of the molecule is CC(=O)Oc1ccccc1C(=O)N1CCCN(Cc2ccc(C)cc2)CC1. The standard InChI is InChI=1S/C22H26N2O3/c1-17-8-10-19(11-9-17)16-23-12-5-13-24(15-14-23)22(26)20-6-3-4-7-21(20)27-18(2)25/h3-4,6-11H,5,12-16H2,1-2H3. The molecule has 2 aromatic carbocycles. The van der Waals surface area contributed by atoms with Crippen molar-refractivity contribution in [3.63, 3.8) is 0 Å². The molecule has 5 nitrogen and oxygen atoms in total. The molecule has 1 aliphatic heterocycles. The first-order valence-corrected chi connectivity index (χ1v) is 9.37. The summed E-state index contributed by atoms with van der Waals surface area (Å²) in [5.41, 5.74) is 3.00. The molecule has 1 amide bonds. The molecular weight excluding hydrogens is 340 g/mol. The number of para-hydroxylation sites is 1. The van der Waals surface area contributed by atoms with Crippen LogP contribution in [0.25, 0.3) is 0 Å². The summed E-state index contributed by atoms with van der Waals surface area (Å²) >= 11 is 0. The third-order valence-electron chi connectivity index (χ3n) is 4.77. The molecule has 0 atom stereocenters. The summed E-state index contributed by atoms with van der Waals surface area (Å²) in [5, 5.41) is 0. The lowest BCUT2D eigenvalue weighted by Crippen LogP contribution is -2.35. The first-order valence-electron chi connectivity index (χ1n) is 9.37. The maximum atomic E-state index is 13.0. The molecule has 0 bridgehead atoms. The van der Waals surface area contributed by atoms with Crippen LogP contribution in [0, 0.1) is 6.92 Å². The van der Waals surface area contributed by atoms with Gasteiger partial charge in [0.2, 0.25) is 0 Å². The van der Waals surface area contributed by atoms with E-state index in [0.717, 1.165) is 26.1 Å². The van der Waals surface area contributed by atoms with E-state index in [0.29, 0.717) is 24.4 Å². The number of ether oxygens (including phenoxy) is 1. The van der Waals surface area contributed by atoms with E-state index in [-0.39, 0.29) is 5.91 Å². The Morgan fingerprint density at radius 3 is 2.44 bits per heavy atom. The Bertz CT molecular complexity index is 801. The highest BCUT2D eigenvalue weighted by molar-refractivity contribution is 5.97. The zero-order chi connectivity index (χ0) is 19.2. The zero-order valence-electron chi connectivity index (χ0n) is 16.0. The quantitative estimate of drug-likeness (QED) is 0.616. The molecule has 3 rings (SSSR count). The van der Waals surface area contributed by atoms with Gasteiger partial charge in [0, 0.05) is 39.6 Å². The summed E-state index contributed by atoms with van der Waals surface area (Å²) in [6, 6.07) is 15.5. The number of carbonyl (C=O) groups is 2. The highest BCUT2D eigenvalue weighted by Crippen LogP contribution is 2.21. The van der Waals surface area contributed by atoms with Crippen molar-refractivity contribution in [1.29, 1.82) is 0 Å². The molecule has 27 heavy (non-hydrogen) atoms. The van der Waals surface area contributed by atoms with Crippen LogP contribution in [-0.4, -0.2) is 47.9 Å². The fraction of sp³-hybridized carbons (Fsp3) is 0.364. The van der Waals surface area contributed by atoms with E-state index in [4.69, 9.17) is 4.74 Å². The summed E-state index contributed by atoms with van der Waals surface area (Å²) in [4.78, 5) is 28.5. The Kier molecular flexibility index (Phi) is 6.24. The molecule has 0 spiro atoms. The van der Waals surface area contributed by atoms with Crippen molar-refractivity contribution < 1.29 is 14.3 Å². The molecule has 1 saturated heterocycles. The third-order valence-corrected chi connectivity index (χ3v) is 4.77. The minimum atomic E-state index is -0.421. The number of aryl methyl sites for hydroxylation is 1. The molecule has 0 aromatic heterocycles.